The Bertz CT molecular complexity index is 844. The van der Waals surface area contributed by atoms with E-state index in [1.165, 1.54) is 32.4 Å². The summed E-state index contributed by atoms with van der Waals surface area (Å²) in [6, 6.07) is 3.18. The number of likely N-dealkylation sites (tertiary alicyclic amines) is 1. The van der Waals surface area contributed by atoms with Gasteiger partial charge in [-0.25, -0.2) is 0 Å². The molecule has 2 aliphatic rings. The van der Waals surface area contributed by atoms with Crippen LogP contribution >= 0.6 is 11.8 Å². The van der Waals surface area contributed by atoms with E-state index in [4.69, 9.17) is 9.47 Å². The van der Waals surface area contributed by atoms with Crippen molar-refractivity contribution in [1.29, 1.82) is 0 Å². The Labute approximate surface area is 173 Å². The Morgan fingerprint density at radius 1 is 1.24 bits per heavy atom. The number of aromatic hydroxyl groups is 1. The molecule has 9 heteroatoms. The van der Waals surface area contributed by atoms with E-state index in [1.54, 1.807) is 4.90 Å². The number of carbonyl (C=O) groups is 3. The van der Waals surface area contributed by atoms with Gasteiger partial charge in [0.1, 0.15) is 6.54 Å². The zero-order valence-corrected chi connectivity index (χ0v) is 17.5. The molecule has 1 N–H and O–H groups in total. The molecule has 156 valence electrons. The fourth-order valence-electron chi connectivity index (χ4n) is 3.48. The summed E-state index contributed by atoms with van der Waals surface area (Å²) in [7, 11) is 2.80. The molecule has 2 fully saturated rings. The standard InChI is InChI=1S/C20H24N2O6S/c1-12-6-4-5-7-21(12)17(23)11-22-19(25)16(29-20(22)26)10-13-8-14(27-2)18(24)15(9-13)28-3/h8-10,12,24H,4-7,11H2,1-3H3/b16-10-/t12-/m1/s1. The molecule has 2 aliphatic heterocycles. The Kier molecular flexibility index (Phi) is 6.36. The Morgan fingerprint density at radius 2 is 1.90 bits per heavy atom. The Balaban J connectivity index is 1.79. The normalized spacial score (nSPS) is 21.1. The van der Waals surface area contributed by atoms with Gasteiger partial charge in [0, 0.05) is 12.6 Å². The summed E-state index contributed by atoms with van der Waals surface area (Å²) in [5.74, 6) is -0.507. The zero-order chi connectivity index (χ0) is 21.1. The van der Waals surface area contributed by atoms with Crippen LogP contribution in [0.15, 0.2) is 17.0 Å². The first kappa shape index (κ1) is 21.0. The van der Waals surface area contributed by atoms with Crippen LogP contribution in [0.4, 0.5) is 4.79 Å². The van der Waals surface area contributed by atoms with Crippen molar-refractivity contribution in [2.24, 2.45) is 0 Å². The first-order chi connectivity index (χ1) is 13.8. The van der Waals surface area contributed by atoms with Crippen LogP contribution in [0.2, 0.25) is 0 Å². The van der Waals surface area contributed by atoms with Gasteiger partial charge in [0.05, 0.1) is 19.1 Å². The summed E-state index contributed by atoms with van der Waals surface area (Å²) >= 11 is 0.781. The number of methoxy groups -OCH3 is 2. The van der Waals surface area contributed by atoms with Crippen LogP contribution in [-0.2, 0) is 9.59 Å². The molecular weight excluding hydrogens is 396 g/mol. The van der Waals surface area contributed by atoms with Crippen molar-refractivity contribution < 1.29 is 29.0 Å². The maximum Gasteiger partial charge on any atom is 0.294 e. The molecule has 29 heavy (non-hydrogen) atoms. The quantitative estimate of drug-likeness (QED) is 0.732. The molecule has 0 radical (unpaired) electrons. The van der Waals surface area contributed by atoms with Crippen molar-refractivity contribution >= 4 is 34.9 Å². The van der Waals surface area contributed by atoms with Crippen LogP contribution in [0, 0.1) is 0 Å². The van der Waals surface area contributed by atoms with Gasteiger partial charge in [0.2, 0.25) is 11.7 Å². The van der Waals surface area contributed by atoms with E-state index in [9.17, 15) is 19.5 Å². The fraction of sp³-hybridized carbons (Fsp3) is 0.450. The highest BCUT2D eigenvalue weighted by molar-refractivity contribution is 8.18. The van der Waals surface area contributed by atoms with Gasteiger partial charge < -0.3 is 19.5 Å². The topological polar surface area (TPSA) is 96.4 Å². The summed E-state index contributed by atoms with van der Waals surface area (Å²) in [6.45, 7) is 2.38. The maximum absolute atomic E-state index is 12.7. The number of carbonyl (C=O) groups excluding carboxylic acids is 3. The highest BCUT2D eigenvalue weighted by atomic mass is 32.2. The number of phenols is 1. The average molecular weight is 420 g/mol. The van der Waals surface area contributed by atoms with E-state index in [0.717, 1.165) is 35.9 Å². The molecule has 1 aromatic rings. The summed E-state index contributed by atoms with van der Waals surface area (Å²) < 4.78 is 10.2. The van der Waals surface area contributed by atoms with Gasteiger partial charge >= 0.3 is 0 Å². The second-order valence-electron chi connectivity index (χ2n) is 6.97. The van der Waals surface area contributed by atoms with Gasteiger partial charge in [-0.05, 0) is 61.7 Å². The highest BCUT2D eigenvalue weighted by Gasteiger charge is 2.38. The molecule has 0 bridgehead atoms. The first-order valence-electron chi connectivity index (χ1n) is 9.35. The van der Waals surface area contributed by atoms with Crippen LogP contribution < -0.4 is 9.47 Å². The van der Waals surface area contributed by atoms with E-state index in [0.29, 0.717) is 12.1 Å². The highest BCUT2D eigenvalue weighted by Crippen LogP contribution is 2.39. The van der Waals surface area contributed by atoms with E-state index >= 15 is 0 Å². The number of nitrogens with zero attached hydrogens (tertiary/aromatic N) is 2. The lowest BCUT2D eigenvalue weighted by atomic mass is 10.0. The van der Waals surface area contributed by atoms with Gasteiger partial charge in [-0.2, -0.15) is 0 Å². The molecule has 8 nitrogen and oxygen atoms in total. The minimum Gasteiger partial charge on any atom is -0.502 e. The van der Waals surface area contributed by atoms with Gasteiger partial charge in [-0.15, -0.1) is 0 Å². The minimum absolute atomic E-state index is 0.114. The third-order valence-electron chi connectivity index (χ3n) is 5.09. The molecule has 1 atom stereocenters. The first-order valence-corrected chi connectivity index (χ1v) is 10.2. The molecule has 3 rings (SSSR count). The van der Waals surface area contributed by atoms with Crippen molar-refractivity contribution in [1.82, 2.24) is 9.80 Å². The van der Waals surface area contributed by atoms with Crippen LogP contribution in [0.1, 0.15) is 31.7 Å². The third-order valence-corrected chi connectivity index (χ3v) is 6.00. The van der Waals surface area contributed by atoms with Crippen molar-refractivity contribution in [3.05, 3.63) is 22.6 Å². The van der Waals surface area contributed by atoms with Crippen molar-refractivity contribution in [2.75, 3.05) is 27.3 Å². The van der Waals surface area contributed by atoms with E-state index in [-0.39, 0.29) is 40.6 Å². The van der Waals surface area contributed by atoms with E-state index in [1.807, 2.05) is 6.92 Å². The lowest BCUT2D eigenvalue weighted by molar-refractivity contribution is -0.138. The summed E-state index contributed by atoms with van der Waals surface area (Å²) in [5, 5.41) is 9.53. The number of benzene rings is 1. The lowest BCUT2D eigenvalue weighted by Gasteiger charge is -2.34. The Morgan fingerprint density at radius 3 is 2.48 bits per heavy atom. The summed E-state index contributed by atoms with van der Waals surface area (Å²) in [6.07, 6.45) is 4.46. The number of amides is 3. The third kappa shape index (κ3) is 4.34. The minimum atomic E-state index is -0.510. The number of rotatable bonds is 5. The number of hydrogen-bond acceptors (Lipinski definition) is 7. The van der Waals surface area contributed by atoms with Gasteiger partial charge in [0.15, 0.2) is 11.5 Å². The summed E-state index contributed by atoms with van der Waals surface area (Å²) in [5.41, 5.74) is 0.526. The molecule has 3 amide bonds. The van der Waals surface area contributed by atoms with Crippen LogP contribution in [0.5, 0.6) is 17.2 Å². The molecule has 0 aromatic heterocycles. The van der Waals surface area contributed by atoms with E-state index < -0.39 is 11.1 Å². The van der Waals surface area contributed by atoms with E-state index in [2.05, 4.69) is 0 Å². The van der Waals surface area contributed by atoms with Crippen LogP contribution in [-0.4, -0.2) is 65.3 Å². The number of piperidine rings is 1. The second-order valence-corrected chi connectivity index (χ2v) is 7.97. The van der Waals surface area contributed by atoms with Crippen molar-refractivity contribution in [3.8, 4) is 17.2 Å². The zero-order valence-electron chi connectivity index (χ0n) is 16.6. The largest absolute Gasteiger partial charge is 0.502 e. The van der Waals surface area contributed by atoms with Gasteiger partial charge in [0.25, 0.3) is 11.1 Å². The average Bonchev–Trinajstić information content (AvgIpc) is 2.96. The molecule has 2 saturated heterocycles. The SMILES string of the molecule is COc1cc(/C=C2\SC(=O)N(CC(=O)N3CCCC[C@H]3C)C2=O)cc(OC)c1O. The number of imide groups is 1. The monoisotopic (exact) mass is 420 g/mol. The molecule has 0 saturated carbocycles. The van der Waals surface area contributed by atoms with Gasteiger partial charge in [-0.3, -0.25) is 19.3 Å². The number of phenolic OH excluding ortho intramolecular Hbond substituents is 1. The molecular formula is C20H24N2O6S. The number of ether oxygens (including phenoxy) is 2. The van der Waals surface area contributed by atoms with Gasteiger partial charge in [-0.1, -0.05) is 0 Å². The van der Waals surface area contributed by atoms with Crippen LogP contribution in [0.3, 0.4) is 0 Å². The molecule has 0 spiro atoms. The Hall–Kier alpha value is -2.68. The predicted molar refractivity (Wildman–Crippen MR) is 109 cm³/mol. The van der Waals surface area contributed by atoms with Crippen molar-refractivity contribution in [2.45, 2.75) is 32.2 Å². The summed E-state index contributed by atoms with van der Waals surface area (Å²) in [4.78, 5) is 40.6. The number of hydrogen-bond donors (Lipinski definition) is 1. The number of thioether (sulfide) groups is 1. The fourth-order valence-corrected chi connectivity index (χ4v) is 4.32. The van der Waals surface area contributed by atoms with Crippen LogP contribution in [0.25, 0.3) is 6.08 Å². The molecule has 2 heterocycles. The lowest BCUT2D eigenvalue weighted by Crippen LogP contribution is -2.47. The smallest absolute Gasteiger partial charge is 0.294 e. The molecule has 0 aliphatic carbocycles. The van der Waals surface area contributed by atoms with Crippen molar-refractivity contribution in [3.63, 3.8) is 0 Å². The maximum atomic E-state index is 12.7. The molecule has 1 aromatic carbocycles. The second kappa shape index (κ2) is 8.77. The predicted octanol–water partition coefficient (Wildman–Crippen LogP) is 2.85. The molecule has 0 unspecified atom stereocenters.